The number of carbonyl (C=O) groups excluding carboxylic acids is 1. The first-order valence-corrected chi connectivity index (χ1v) is 7.41. The Balaban J connectivity index is 2.37. The van der Waals surface area contributed by atoms with Gasteiger partial charge in [0.2, 0.25) is 0 Å². The highest BCUT2D eigenvalue weighted by molar-refractivity contribution is 7.89. The van der Waals surface area contributed by atoms with E-state index in [0.717, 1.165) is 36.5 Å². The monoisotopic (exact) mass is 340 g/mol. The SMILES string of the molecule is O=C(O)C(=O)C=C(O)c1ccn(S(=O)(=O)c2ccc(F)cc2)n1. The zero-order valence-corrected chi connectivity index (χ0v) is 12.1. The van der Waals surface area contributed by atoms with E-state index >= 15 is 0 Å². The first-order chi connectivity index (χ1) is 10.7. The summed E-state index contributed by atoms with van der Waals surface area (Å²) in [4.78, 5) is 21.1. The molecule has 0 saturated carbocycles. The molecule has 0 aliphatic rings. The highest BCUT2D eigenvalue weighted by Gasteiger charge is 2.19. The summed E-state index contributed by atoms with van der Waals surface area (Å²) in [5.41, 5.74) is -0.315. The third-order valence-electron chi connectivity index (χ3n) is 2.67. The fourth-order valence-electron chi connectivity index (χ4n) is 1.55. The standard InChI is InChI=1S/C13H9FN2O6S/c14-8-1-3-9(4-2-8)23(21,22)16-6-5-10(15-16)11(17)7-12(18)13(19)20/h1-7,17H,(H,19,20). The van der Waals surface area contributed by atoms with E-state index in [1.165, 1.54) is 0 Å². The summed E-state index contributed by atoms with van der Waals surface area (Å²) in [7, 11) is -4.11. The summed E-state index contributed by atoms with van der Waals surface area (Å²) >= 11 is 0. The number of ketones is 1. The van der Waals surface area contributed by atoms with Crippen LogP contribution in [0.2, 0.25) is 0 Å². The lowest BCUT2D eigenvalue weighted by atomic mass is 10.3. The summed E-state index contributed by atoms with van der Waals surface area (Å²) in [5.74, 6) is -4.59. The van der Waals surface area contributed by atoms with Gasteiger partial charge in [0.05, 0.1) is 4.90 Å². The first kappa shape index (κ1) is 16.4. The van der Waals surface area contributed by atoms with Gasteiger partial charge in [0, 0.05) is 12.3 Å². The van der Waals surface area contributed by atoms with E-state index in [9.17, 15) is 27.5 Å². The van der Waals surface area contributed by atoms with Crippen LogP contribution in [-0.4, -0.2) is 39.6 Å². The van der Waals surface area contributed by atoms with Gasteiger partial charge >= 0.3 is 5.97 Å². The predicted octanol–water partition coefficient (Wildman–Crippen LogP) is 0.812. The Kier molecular flexibility index (Phi) is 4.27. The number of aliphatic carboxylic acids is 1. The van der Waals surface area contributed by atoms with Gasteiger partial charge in [-0.2, -0.15) is 17.6 Å². The zero-order chi connectivity index (χ0) is 17.2. The van der Waals surface area contributed by atoms with E-state index in [1.807, 2.05) is 0 Å². The van der Waals surface area contributed by atoms with Gasteiger partial charge in [-0.1, -0.05) is 0 Å². The lowest BCUT2D eigenvalue weighted by molar-refractivity contribution is -0.146. The second kappa shape index (κ2) is 6.01. The molecule has 0 fully saturated rings. The van der Waals surface area contributed by atoms with E-state index in [-0.39, 0.29) is 10.6 Å². The molecular formula is C13H9FN2O6S. The largest absolute Gasteiger partial charge is 0.505 e. The highest BCUT2D eigenvalue weighted by Crippen LogP contribution is 2.16. The topological polar surface area (TPSA) is 127 Å². The second-order valence-corrected chi connectivity index (χ2v) is 6.03. The summed E-state index contributed by atoms with van der Waals surface area (Å²) < 4.78 is 37.8. The van der Waals surface area contributed by atoms with Crippen LogP contribution in [0.15, 0.2) is 47.5 Å². The molecular weight excluding hydrogens is 331 g/mol. The van der Waals surface area contributed by atoms with Gasteiger partial charge in [-0.15, -0.1) is 0 Å². The highest BCUT2D eigenvalue weighted by atomic mass is 32.2. The molecule has 2 N–H and O–H groups in total. The lowest BCUT2D eigenvalue weighted by Gasteiger charge is -2.03. The lowest BCUT2D eigenvalue weighted by Crippen LogP contribution is -2.14. The van der Waals surface area contributed by atoms with Crippen molar-refractivity contribution in [3.63, 3.8) is 0 Å². The molecule has 0 aliphatic heterocycles. The van der Waals surface area contributed by atoms with Crippen molar-refractivity contribution in [3.05, 3.63) is 54.1 Å². The molecule has 23 heavy (non-hydrogen) atoms. The van der Waals surface area contributed by atoms with Crippen molar-refractivity contribution in [2.75, 3.05) is 0 Å². The maximum atomic E-state index is 12.8. The fraction of sp³-hybridized carbons (Fsp3) is 0. The van der Waals surface area contributed by atoms with E-state index in [0.29, 0.717) is 10.2 Å². The Morgan fingerprint density at radius 3 is 2.30 bits per heavy atom. The van der Waals surface area contributed by atoms with Gasteiger partial charge in [-0.05, 0) is 30.3 Å². The molecule has 0 spiro atoms. The van der Waals surface area contributed by atoms with E-state index < -0.39 is 33.4 Å². The number of carbonyl (C=O) groups is 2. The molecule has 8 nitrogen and oxygen atoms in total. The molecule has 1 aromatic carbocycles. The van der Waals surface area contributed by atoms with Crippen molar-refractivity contribution >= 4 is 27.5 Å². The van der Waals surface area contributed by atoms with Crippen LogP contribution < -0.4 is 0 Å². The van der Waals surface area contributed by atoms with Crippen molar-refractivity contribution in [2.24, 2.45) is 0 Å². The summed E-state index contributed by atoms with van der Waals surface area (Å²) in [6, 6.07) is 5.06. The number of halogens is 1. The molecule has 0 atom stereocenters. The minimum absolute atomic E-state index is 0.237. The Morgan fingerprint density at radius 1 is 1.13 bits per heavy atom. The van der Waals surface area contributed by atoms with Gasteiger partial charge in [0.1, 0.15) is 17.3 Å². The average Bonchev–Trinajstić information content (AvgIpc) is 2.98. The van der Waals surface area contributed by atoms with Crippen molar-refractivity contribution < 1.29 is 32.6 Å². The average molecular weight is 340 g/mol. The third-order valence-corrected chi connectivity index (χ3v) is 4.23. The molecule has 0 saturated heterocycles. The number of aliphatic hydroxyl groups is 1. The van der Waals surface area contributed by atoms with Crippen LogP contribution in [0.4, 0.5) is 4.39 Å². The molecule has 0 radical (unpaired) electrons. The number of aromatic nitrogens is 2. The van der Waals surface area contributed by atoms with E-state index in [2.05, 4.69) is 5.10 Å². The van der Waals surface area contributed by atoms with Crippen LogP contribution in [0.25, 0.3) is 5.76 Å². The smallest absolute Gasteiger partial charge is 0.376 e. The van der Waals surface area contributed by atoms with Crippen LogP contribution in [0.3, 0.4) is 0 Å². The Labute approximate surface area is 129 Å². The molecule has 10 heteroatoms. The number of hydrogen-bond acceptors (Lipinski definition) is 6. The normalized spacial score (nSPS) is 12.1. The van der Waals surface area contributed by atoms with Gasteiger partial charge in [-0.25, -0.2) is 9.18 Å². The molecule has 2 aromatic rings. The van der Waals surface area contributed by atoms with Gasteiger partial charge in [0.25, 0.3) is 15.8 Å². The molecule has 1 heterocycles. The Bertz CT molecular complexity index is 899. The number of rotatable bonds is 5. The van der Waals surface area contributed by atoms with Gasteiger partial charge < -0.3 is 10.2 Å². The molecule has 0 unspecified atom stereocenters. The molecule has 0 bridgehead atoms. The third kappa shape index (κ3) is 3.43. The quantitative estimate of drug-likeness (QED) is 0.468. The Morgan fingerprint density at radius 2 is 1.74 bits per heavy atom. The maximum Gasteiger partial charge on any atom is 0.376 e. The summed E-state index contributed by atoms with van der Waals surface area (Å²) in [6.45, 7) is 0. The molecule has 0 amide bonds. The van der Waals surface area contributed by atoms with Crippen LogP contribution in [0.1, 0.15) is 5.69 Å². The summed E-state index contributed by atoms with van der Waals surface area (Å²) in [5, 5.41) is 21.6. The molecule has 120 valence electrons. The summed E-state index contributed by atoms with van der Waals surface area (Å²) in [6.07, 6.45) is 1.39. The van der Waals surface area contributed by atoms with Crippen LogP contribution in [0.5, 0.6) is 0 Å². The predicted molar refractivity (Wildman–Crippen MR) is 74.5 cm³/mol. The van der Waals surface area contributed by atoms with Crippen LogP contribution in [0, 0.1) is 5.82 Å². The van der Waals surface area contributed by atoms with Crippen LogP contribution in [-0.2, 0) is 19.6 Å². The Hall–Kier alpha value is -3.01. The minimum atomic E-state index is -4.11. The first-order valence-electron chi connectivity index (χ1n) is 5.97. The molecule has 2 rings (SSSR count). The minimum Gasteiger partial charge on any atom is -0.505 e. The maximum absolute atomic E-state index is 12.8. The van der Waals surface area contributed by atoms with Crippen molar-refractivity contribution in [1.82, 2.24) is 9.19 Å². The number of carboxylic acids is 1. The van der Waals surface area contributed by atoms with Crippen molar-refractivity contribution in [3.8, 4) is 0 Å². The fourth-order valence-corrected chi connectivity index (χ4v) is 2.66. The number of aliphatic hydroxyl groups excluding tert-OH is 1. The van der Waals surface area contributed by atoms with E-state index in [4.69, 9.17) is 5.11 Å². The van der Waals surface area contributed by atoms with Crippen molar-refractivity contribution in [2.45, 2.75) is 4.90 Å². The number of carboxylic acid groups (broad SMARTS) is 1. The van der Waals surface area contributed by atoms with Gasteiger partial charge in [0.15, 0.2) is 0 Å². The van der Waals surface area contributed by atoms with Gasteiger partial charge in [-0.3, -0.25) is 4.79 Å². The number of hydrogen-bond donors (Lipinski definition) is 2. The van der Waals surface area contributed by atoms with Crippen molar-refractivity contribution in [1.29, 1.82) is 0 Å². The van der Waals surface area contributed by atoms with Crippen LogP contribution >= 0.6 is 0 Å². The molecule has 0 aliphatic carbocycles. The van der Waals surface area contributed by atoms with E-state index in [1.54, 1.807) is 0 Å². The molecule has 1 aromatic heterocycles. The number of benzene rings is 1. The second-order valence-electron chi connectivity index (χ2n) is 4.23. The zero-order valence-electron chi connectivity index (χ0n) is 11.2. The number of nitrogens with zero attached hydrogens (tertiary/aromatic N) is 2.